The highest BCUT2D eigenvalue weighted by atomic mass is 16.6. The lowest BCUT2D eigenvalue weighted by Gasteiger charge is -2.30. The first-order valence-corrected chi connectivity index (χ1v) is 6.27. The fraction of sp³-hybridized carbons (Fsp3) is 0.429. The zero-order chi connectivity index (χ0) is 13.0. The summed E-state index contributed by atoms with van der Waals surface area (Å²) in [5.74, 6) is -0.366. The van der Waals surface area contributed by atoms with Crippen molar-refractivity contribution in [2.24, 2.45) is 0 Å². The Labute approximate surface area is 107 Å². The van der Waals surface area contributed by atoms with Crippen LogP contribution in [0.2, 0.25) is 0 Å². The average Bonchev–Trinajstić information content (AvgIpc) is 2.40. The van der Waals surface area contributed by atoms with Crippen molar-refractivity contribution in [2.45, 2.75) is 25.7 Å². The fourth-order valence-corrected chi connectivity index (χ4v) is 2.25. The number of rotatable bonds is 2. The molecule has 96 valence electrons. The number of likely N-dealkylation sites (tertiary alicyclic amines) is 1. The van der Waals surface area contributed by atoms with E-state index in [1.807, 2.05) is 30.3 Å². The van der Waals surface area contributed by atoms with Gasteiger partial charge in [-0.1, -0.05) is 30.3 Å². The lowest BCUT2D eigenvalue weighted by atomic mass is 9.90. The van der Waals surface area contributed by atoms with Crippen LogP contribution >= 0.6 is 0 Å². The molecule has 0 N–H and O–H groups in total. The Morgan fingerprint density at radius 3 is 2.78 bits per heavy atom. The molecular weight excluding hydrogens is 230 g/mol. The highest BCUT2D eigenvalue weighted by Crippen LogP contribution is 2.28. The zero-order valence-electron chi connectivity index (χ0n) is 10.5. The van der Waals surface area contributed by atoms with Crippen LogP contribution in [0.1, 0.15) is 31.2 Å². The fourth-order valence-electron chi connectivity index (χ4n) is 2.25. The van der Waals surface area contributed by atoms with E-state index in [2.05, 4.69) is 0 Å². The third-order valence-corrected chi connectivity index (χ3v) is 3.13. The molecule has 2 rings (SSSR count). The maximum absolute atomic E-state index is 12.3. The zero-order valence-corrected chi connectivity index (χ0v) is 10.5. The SMILES string of the molecule is CCOC(=O)N1CCC[C@@H](c2ccccc2)C1=O. The maximum atomic E-state index is 12.3. The molecule has 1 aliphatic rings. The van der Waals surface area contributed by atoms with Gasteiger partial charge < -0.3 is 4.74 Å². The molecule has 0 saturated carbocycles. The molecule has 1 heterocycles. The molecule has 0 spiro atoms. The van der Waals surface area contributed by atoms with Crippen LogP contribution in [0.5, 0.6) is 0 Å². The molecule has 1 aliphatic heterocycles. The second-order valence-electron chi connectivity index (χ2n) is 4.29. The van der Waals surface area contributed by atoms with E-state index in [9.17, 15) is 9.59 Å². The van der Waals surface area contributed by atoms with Gasteiger partial charge in [-0.25, -0.2) is 9.69 Å². The first-order valence-electron chi connectivity index (χ1n) is 6.27. The van der Waals surface area contributed by atoms with Crippen LogP contribution < -0.4 is 0 Å². The van der Waals surface area contributed by atoms with E-state index in [1.165, 1.54) is 4.90 Å². The van der Waals surface area contributed by atoms with Crippen LogP contribution in [-0.2, 0) is 9.53 Å². The van der Waals surface area contributed by atoms with Crippen molar-refractivity contribution in [1.29, 1.82) is 0 Å². The van der Waals surface area contributed by atoms with E-state index in [4.69, 9.17) is 4.74 Å². The molecule has 1 atom stereocenters. The van der Waals surface area contributed by atoms with Crippen LogP contribution in [0.15, 0.2) is 30.3 Å². The van der Waals surface area contributed by atoms with Crippen molar-refractivity contribution in [1.82, 2.24) is 4.90 Å². The molecule has 1 aromatic carbocycles. The maximum Gasteiger partial charge on any atom is 0.416 e. The van der Waals surface area contributed by atoms with E-state index in [-0.39, 0.29) is 11.8 Å². The summed E-state index contributed by atoms with van der Waals surface area (Å²) in [6, 6.07) is 9.59. The summed E-state index contributed by atoms with van der Waals surface area (Å²) in [5.41, 5.74) is 0.969. The Morgan fingerprint density at radius 2 is 2.11 bits per heavy atom. The van der Waals surface area contributed by atoms with Gasteiger partial charge in [0.2, 0.25) is 5.91 Å². The lowest BCUT2D eigenvalue weighted by Crippen LogP contribution is -2.44. The van der Waals surface area contributed by atoms with Crippen LogP contribution in [0.4, 0.5) is 4.79 Å². The normalized spacial score (nSPS) is 19.7. The molecule has 0 radical (unpaired) electrons. The third-order valence-electron chi connectivity index (χ3n) is 3.13. The Balaban J connectivity index is 2.15. The standard InChI is InChI=1S/C14H17NO3/c1-2-18-14(17)15-10-6-9-12(13(15)16)11-7-4-3-5-8-11/h3-5,7-8,12H,2,6,9-10H2,1H3/t12-/m0/s1. The van der Waals surface area contributed by atoms with E-state index in [0.717, 1.165) is 18.4 Å². The van der Waals surface area contributed by atoms with Gasteiger partial charge in [0, 0.05) is 6.54 Å². The summed E-state index contributed by atoms with van der Waals surface area (Å²) < 4.78 is 4.90. The van der Waals surface area contributed by atoms with E-state index >= 15 is 0 Å². The smallest absolute Gasteiger partial charge is 0.416 e. The molecule has 4 nitrogen and oxygen atoms in total. The van der Waals surface area contributed by atoms with Gasteiger partial charge in [-0.3, -0.25) is 4.79 Å². The monoisotopic (exact) mass is 247 g/mol. The average molecular weight is 247 g/mol. The second kappa shape index (κ2) is 5.67. The van der Waals surface area contributed by atoms with Gasteiger partial charge in [-0.15, -0.1) is 0 Å². The molecular formula is C14H17NO3. The molecule has 0 aliphatic carbocycles. The summed E-state index contributed by atoms with van der Waals surface area (Å²) in [7, 11) is 0. The van der Waals surface area contributed by atoms with Crippen molar-refractivity contribution >= 4 is 12.0 Å². The molecule has 2 amide bonds. The summed E-state index contributed by atoms with van der Waals surface area (Å²) in [6.45, 7) is 2.49. The van der Waals surface area contributed by atoms with Crippen LogP contribution in [-0.4, -0.2) is 30.1 Å². The number of benzene rings is 1. The first-order chi connectivity index (χ1) is 8.74. The summed E-state index contributed by atoms with van der Waals surface area (Å²) in [6.07, 6.45) is 1.09. The highest BCUT2D eigenvalue weighted by Gasteiger charge is 2.34. The molecule has 0 unspecified atom stereocenters. The topological polar surface area (TPSA) is 46.6 Å². The van der Waals surface area contributed by atoms with Gasteiger partial charge in [0.15, 0.2) is 0 Å². The predicted molar refractivity (Wildman–Crippen MR) is 67.2 cm³/mol. The van der Waals surface area contributed by atoms with E-state index in [1.54, 1.807) is 6.92 Å². The van der Waals surface area contributed by atoms with Crippen molar-refractivity contribution < 1.29 is 14.3 Å². The minimum atomic E-state index is -0.525. The third kappa shape index (κ3) is 2.53. The summed E-state index contributed by atoms with van der Waals surface area (Å²) >= 11 is 0. The summed E-state index contributed by atoms with van der Waals surface area (Å²) in [5, 5.41) is 0. The number of piperidine rings is 1. The quantitative estimate of drug-likeness (QED) is 0.806. The van der Waals surface area contributed by atoms with Gasteiger partial charge in [0.25, 0.3) is 0 Å². The minimum absolute atomic E-state index is 0.147. The first kappa shape index (κ1) is 12.6. The van der Waals surface area contributed by atoms with Gasteiger partial charge in [0.05, 0.1) is 12.5 Å². The number of hydrogen-bond donors (Lipinski definition) is 0. The highest BCUT2D eigenvalue weighted by molar-refractivity contribution is 5.96. The molecule has 1 aromatic rings. The van der Waals surface area contributed by atoms with E-state index in [0.29, 0.717) is 13.2 Å². The van der Waals surface area contributed by atoms with Crippen molar-refractivity contribution in [3.63, 3.8) is 0 Å². The van der Waals surface area contributed by atoms with Gasteiger partial charge in [-0.2, -0.15) is 0 Å². The Hall–Kier alpha value is -1.84. The van der Waals surface area contributed by atoms with Gasteiger partial charge in [0.1, 0.15) is 0 Å². The number of hydrogen-bond acceptors (Lipinski definition) is 3. The number of nitrogens with zero attached hydrogens (tertiary/aromatic N) is 1. The molecule has 1 fully saturated rings. The van der Waals surface area contributed by atoms with Crippen molar-refractivity contribution in [3.05, 3.63) is 35.9 Å². The van der Waals surface area contributed by atoms with Crippen LogP contribution in [0, 0.1) is 0 Å². The lowest BCUT2D eigenvalue weighted by molar-refractivity contribution is -0.133. The molecule has 18 heavy (non-hydrogen) atoms. The number of carbonyl (C=O) groups excluding carboxylic acids is 2. The molecule has 4 heteroatoms. The van der Waals surface area contributed by atoms with Crippen molar-refractivity contribution in [3.8, 4) is 0 Å². The Kier molecular flexibility index (Phi) is 3.97. The number of ether oxygens (including phenoxy) is 1. The minimum Gasteiger partial charge on any atom is -0.449 e. The molecule has 0 bridgehead atoms. The van der Waals surface area contributed by atoms with Crippen LogP contribution in [0.3, 0.4) is 0 Å². The second-order valence-corrected chi connectivity index (χ2v) is 4.29. The Morgan fingerprint density at radius 1 is 1.39 bits per heavy atom. The Bertz CT molecular complexity index is 430. The number of imide groups is 1. The number of amides is 2. The van der Waals surface area contributed by atoms with E-state index < -0.39 is 6.09 Å². The summed E-state index contributed by atoms with van der Waals surface area (Å²) in [4.78, 5) is 25.2. The molecule has 0 aromatic heterocycles. The van der Waals surface area contributed by atoms with Crippen LogP contribution in [0.25, 0.3) is 0 Å². The predicted octanol–water partition coefficient (Wildman–Crippen LogP) is 2.55. The van der Waals surface area contributed by atoms with Gasteiger partial charge >= 0.3 is 6.09 Å². The number of carbonyl (C=O) groups is 2. The van der Waals surface area contributed by atoms with Crippen molar-refractivity contribution in [2.75, 3.05) is 13.2 Å². The largest absolute Gasteiger partial charge is 0.449 e. The van der Waals surface area contributed by atoms with Gasteiger partial charge in [-0.05, 0) is 25.3 Å². The molecule has 1 saturated heterocycles.